The van der Waals surface area contributed by atoms with Gasteiger partial charge in [0.2, 0.25) is 0 Å². The Hall–Kier alpha value is -1.14. The van der Waals surface area contributed by atoms with Crippen molar-refractivity contribution in [2.24, 2.45) is 11.3 Å². The molecule has 6 heteroatoms. The van der Waals surface area contributed by atoms with E-state index in [0.717, 1.165) is 12.8 Å². The van der Waals surface area contributed by atoms with Crippen LogP contribution in [0.15, 0.2) is 22.7 Å². The van der Waals surface area contributed by atoms with Crippen LogP contribution >= 0.6 is 15.9 Å². The third kappa shape index (κ3) is 3.31. The molecule has 0 bridgehead atoms. The van der Waals surface area contributed by atoms with Gasteiger partial charge >= 0.3 is 6.09 Å². The second-order valence-electron chi connectivity index (χ2n) is 8.08. The molecule has 1 saturated heterocycles. The number of likely N-dealkylation sites (tertiary alicyclic amines) is 1. The number of aliphatic hydroxyl groups is 1. The molecule has 0 radical (unpaired) electrons. The molecule has 1 aliphatic heterocycles. The number of hydrogen-bond donors (Lipinski definition) is 1. The summed E-state index contributed by atoms with van der Waals surface area (Å²) in [6.07, 6.45) is 0.499. The third-order valence-corrected chi connectivity index (χ3v) is 5.53. The van der Waals surface area contributed by atoms with Gasteiger partial charge in [0.15, 0.2) is 0 Å². The van der Waals surface area contributed by atoms with Crippen molar-refractivity contribution in [1.82, 2.24) is 4.90 Å². The summed E-state index contributed by atoms with van der Waals surface area (Å²) >= 11 is 3.32. The lowest BCUT2D eigenvalue weighted by Crippen LogP contribution is -2.64. The molecule has 1 unspecified atom stereocenters. The first kappa shape index (κ1) is 17.7. The fourth-order valence-corrected chi connectivity index (χ4v) is 4.36. The highest BCUT2D eigenvalue weighted by atomic mass is 79.9. The average Bonchev–Trinajstić information content (AvgIpc) is 2.32. The Morgan fingerprint density at radius 3 is 2.58 bits per heavy atom. The van der Waals surface area contributed by atoms with Crippen LogP contribution in [0, 0.1) is 17.2 Å². The number of benzene rings is 1. The van der Waals surface area contributed by atoms with Crippen LogP contribution in [0.4, 0.5) is 9.18 Å². The number of carbonyl (C=O) groups excluding carboxylic acids is 1. The predicted octanol–water partition coefficient (Wildman–Crippen LogP) is 4.27. The van der Waals surface area contributed by atoms with E-state index < -0.39 is 11.7 Å². The lowest BCUT2D eigenvalue weighted by Gasteiger charge is -2.59. The first-order valence-corrected chi connectivity index (χ1v) is 8.99. The standard InChI is InChI=1S/C18H23BrFNO3/c1-17(2,3)24-16(23)21-9-18(10-21)7-11(8-18)15(22)14-12(19)5-4-6-13(14)20/h4-6,11,15,22H,7-10H2,1-3H3. The molecular formula is C18H23BrFNO3. The van der Waals surface area contributed by atoms with Gasteiger partial charge in [-0.1, -0.05) is 22.0 Å². The fraction of sp³-hybridized carbons (Fsp3) is 0.611. The van der Waals surface area contributed by atoms with Gasteiger partial charge in [0.1, 0.15) is 11.4 Å². The topological polar surface area (TPSA) is 49.8 Å². The van der Waals surface area contributed by atoms with Crippen LogP contribution in [-0.4, -0.2) is 34.8 Å². The van der Waals surface area contributed by atoms with E-state index in [0.29, 0.717) is 23.1 Å². The van der Waals surface area contributed by atoms with E-state index >= 15 is 0 Å². The van der Waals surface area contributed by atoms with Crippen molar-refractivity contribution in [1.29, 1.82) is 0 Å². The van der Waals surface area contributed by atoms with Gasteiger partial charge in [-0.25, -0.2) is 9.18 Å². The zero-order chi connectivity index (χ0) is 17.7. The maximum absolute atomic E-state index is 14.0. The molecule has 1 saturated carbocycles. The molecule has 1 aromatic carbocycles. The number of aliphatic hydroxyl groups excluding tert-OH is 1. The molecule has 2 fully saturated rings. The van der Waals surface area contributed by atoms with E-state index in [1.807, 2.05) is 20.8 Å². The Kier molecular flexibility index (Phi) is 4.41. The molecule has 1 atom stereocenters. The second-order valence-corrected chi connectivity index (χ2v) is 8.94. The van der Waals surface area contributed by atoms with Gasteiger partial charge in [0, 0.05) is 28.5 Å². The highest BCUT2D eigenvalue weighted by molar-refractivity contribution is 9.10. The van der Waals surface area contributed by atoms with Crippen LogP contribution in [0.3, 0.4) is 0 Å². The predicted molar refractivity (Wildman–Crippen MR) is 92.0 cm³/mol. The molecule has 4 nitrogen and oxygen atoms in total. The largest absolute Gasteiger partial charge is 0.444 e. The Balaban J connectivity index is 1.55. The molecule has 132 valence electrons. The summed E-state index contributed by atoms with van der Waals surface area (Å²) in [5.74, 6) is -0.360. The first-order chi connectivity index (χ1) is 11.1. The van der Waals surface area contributed by atoms with Crippen LogP contribution in [0.5, 0.6) is 0 Å². The van der Waals surface area contributed by atoms with Crippen LogP contribution in [0.2, 0.25) is 0 Å². The molecular weight excluding hydrogens is 377 g/mol. The van der Waals surface area contributed by atoms with Crippen molar-refractivity contribution in [2.75, 3.05) is 13.1 Å². The summed E-state index contributed by atoms with van der Waals surface area (Å²) in [4.78, 5) is 13.7. The Morgan fingerprint density at radius 2 is 2.04 bits per heavy atom. The van der Waals surface area contributed by atoms with E-state index in [-0.39, 0.29) is 23.2 Å². The third-order valence-electron chi connectivity index (χ3n) is 4.84. The number of ether oxygens (including phenoxy) is 1. The number of halogens is 2. The summed E-state index contributed by atoms with van der Waals surface area (Å²) in [6, 6.07) is 4.72. The minimum Gasteiger partial charge on any atom is -0.444 e. The van der Waals surface area contributed by atoms with Crippen molar-refractivity contribution in [3.05, 3.63) is 34.1 Å². The van der Waals surface area contributed by atoms with Crippen LogP contribution in [0.25, 0.3) is 0 Å². The SMILES string of the molecule is CC(C)(C)OC(=O)N1CC2(CC(C(O)c3c(F)cccc3Br)C2)C1. The number of carbonyl (C=O) groups is 1. The van der Waals surface area contributed by atoms with Gasteiger partial charge in [-0.2, -0.15) is 0 Å². The highest BCUT2D eigenvalue weighted by Crippen LogP contribution is 2.56. The zero-order valence-electron chi connectivity index (χ0n) is 14.2. The summed E-state index contributed by atoms with van der Waals surface area (Å²) in [7, 11) is 0. The van der Waals surface area contributed by atoms with Gasteiger partial charge in [-0.3, -0.25) is 0 Å². The molecule has 1 N–H and O–H groups in total. The maximum Gasteiger partial charge on any atom is 0.410 e. The van der Waals surface area contributed by atoms with E-state index in [1.54, 1.807) is 17.0 Å². The Labute approximate surface area is 150 Å². The quantitative estimate of drug-likeness (QED) is 0.807. The molecule has 2 aliphatic rings. The number of amides is 1. The zero-order valence-corrected chi connectivity index (χ0v) is 15.8. The van der Waals surface area contributed by atoms with Crippen LogP contribution < -0.4 is 0 Å². The molecule has 1 aliphatic carbocycles. The second kappa shape index (κ2) is 5.99. The fourth-order valence-electron chi connectivity index (χ4n) is 3.78. The van der Waals surface area contributed by atoms with E-state index in [9.17, 15) is 14.3 Å². The van der Waals surface area contributed by atoms with Gasteiger partial charge < -0.3 is 14.7 Å². The van der Waals surface area contributed by atoms with Crippen molar-refractivity contribution < 1.29 is 19.0 Å². The molecule has 1 heterocycles. The number of nitrogens with zero attached hydrogens (tertiary/aromatic N) is 1. The summed E-state index contributed by atoms with van der Waals surface area (Å²) in [5.41, 5.74) is -0.0871. The molecule has 0 aromatic heterocycles. The molecule has 1 spiro atoms. The lowest BCUT2D eigenvalue weighted by molar-refractivity contribution is -0.124. The van der Waals surface area contributed by atoms with Crippen molar-refractivity contribution in [3.63, 3.8) is 0 Å². The average molecular weight is 400 g/mol. The minimum absolute atomic E-state index is 0.0268. The first-order valence-electron chi connectivity index (χ1n) is 8.20. The van der Waals surface area contributed by atoms with E-state index in [2.05, 4.69) is 15.9 Å². The Morgan fingerprint density at radius 1 is 1.42 bits per heavy atom. The monoisotopic (exact) mass is 399 g/mol. The molecule has 24 heavy (non-hydrogen) atoms. The van der Waals surface area contributed by atoms with Gasteiger partial charge in [0.25, 0.3) is 0 Å². The van der Waals surface area contributed by atoms with Gasteiger partial charge in [0.05, 0.1) is 6.10 Å². The van der Waals surface area contributed by atoms with Gasteiger partial charge in [-0.05, 0) is 51.7 Å². The summed E-state index contributed by atoms with van der Waals surface area (Å²) in [5, 5.41) is 10.5. The van der Waals surface area contributed by atoms with Crippen molar-refractivity contribution in [2.45, 2.75) is 45.3 Å². The van der Waals surface area contributed by atoms with Crippen LogP contribution in [-0.2, 0) is 4.74 Å². The Bertz CT molecular complexity index is 624. The van der Waals surface area contributed by atoms with E-state index in [4.69, 9.17) is 4.74 Å². The van der Waals surface area contributed by atoms with Crippen molar-refractivity contribution in [3.8, 4) is 0 Å². The molecule has 3 rings (SSSR count). The summed E-state index contributed by atoms with van der Waals surface area (Å²) < 4.78 is 19.9. The number of rotatable bonds is 2. The highest BCUT2D eigenvalue weighted by Gasteiger charge is 2.56. The number of hydrogen-bond acceptors (Lipinski definition) is 3. The van der Waals surface area contributed by atoms with Gasteiger partial charge in [-0.15, -0.1) is 0 Å². The smallest absolute Gasteiger partial charge is 0.410 e. The van der Waals surface area contributed by atoms with Crippen LogP contribution in [0.1, 0.15) is 45.3 Å². The normalized spacial score (nSPS) is 21.2. The lowest BCUT2D eigenvalue weighted by atomic mass is 9.56. The van der Waals surface area contributed by atoms with E-state index in [1.165, 1.54) is 6.07 Å². The summed E-state index contributed by atoms with van der Waals surface area (Å²) in [6.45, 7) is 6.86. The molecule has 1 amide bonds. The molecule has 1 aromatic rings. The maximum atomic E-state index is 14.0. The van der Waals surface area contributed by atoms with Crippen molar-refractivity contribution >= 4 is 22.0 Å². The minimum atomic E-state index is -0.818.